The second kappa shape index (κ2) is 5.38. The van der Waals surface area contributed by atoms with Gasteiger partial charge in [-0.05, 0) is 43.9 Å². The van der Waals surface area contributed by atoms with Crippen LogP contribution in [0, 0.1) is 6.92 Å². The predicted octanol–water partition coefficient (Wildman–Crippen LogP) is 2.84. The zero-order valence-electron chi connectivity index (χ0n) is 12.1. The van der Waals surface area contributed by atoms with Crippen LogP contribution in [0.1, 0.15) is 30.9 Å². The minimum atomic E-state index is -0.0237. The van der Waals surface area contributed by atoms with Gasteiger partial charge in [0.1, 0.15) is 0 Å². The third-order valence-electron chi connectivity index (χ3n) is 4.63. The number of halogens is 1. The van der Waals surface area contributed by atoms with Crippen molar-refractivity contribution >= 4 is 17.5 Å². The average molecular weight is 293 g/mol. The maximum absolute atomic E-state index is 12.4. The molecule has 2 heterocycles. The van der Waals surface area contributed by atoms with E-state index in [4.69, 9.17) is 11.6 Å². The molecular formula is C16H21ClN2O. The molecule has 1 aromatic carbocycles. The number of benzene rings is 1. The lowest BCUT2D eigenvalue weighted by molar-refractivity contribution is -0.143. The number of fused-ring (bicyclic) bond motifs is 1. The molecule has 0 N–H and O–H groups in total. The van der Waals surface area contributed by atoms with Crippen LogP contribution in [-0.2, 0) is 11.3 Å². The molecule has 2 saturated heterocycles. The molecule has 3 rings (SSSR count). The lowest BCUT2D eigenvalue weighted by Gasteiger charge is -2.41. The Kier molecular flexibility index (Phi) is 3.74. The summed E-state index contributed by atoms with van der Waals surface area (Å²) in [6.45, 7) is 6.76. The van der Waals surface area contributed by atoms with Gasteiger partial charge in [0, 0.05) is 30.7 Å². The lowest BCUT2D eigenvalue weighted by Crippen LogP contribution is -2.58. The number of nitrogens with zero attached hydrogens (tertiary/aromatic N) is 2. The molecule has 3 nitrogen and oxygen atoms in total. The highest BCUT2D eigenvalue weighted by Gasteiger charge is 2.39. The summed E-state index contributed by atoms with van der Waals surface area (Å²) in [4.78, 5) is 16.7. The van der Waals surface area contributed by atoms with E-state index in [-0.39, 0.29) is 11.9 Å². The van der Waals surface area contributed by atoms with E-state index in [1.54, 1.807) is 0 Å². The molecule has 20 heavy (non-hydrogen) atoms. The smallest absolute Gasteiger partial charge is 0.239 e. The summed E-state index contributed by atoms with van der Waals surface area (Å²) in [5, 5.41) is 0.806. The number of rotatable bonds is 2. The molecule has 2 fully saturated rings. The molecule has 1 amide bonds. The first-order valence-corrected chi connectivity index (χ1v) is 7.73. The van der Waals surface area contributed by atoms with Crippen LogP contribution < -0.4 is 0 Å². The molecule has 0 bridgehead atoms. The molecule has 0 aliphatic carbocycles. The van der Waals surface area contributed by atoms with E-state index < -0.39 is 0 Å². The fourth-order valence-corrected chi connectivity index (χ4v) is 3.51. The molecule has 0 spiro atoms. The third kappa shape index (κ3) is 2.45. The van der Waals surface area contributed by atoms with E-state index in [9.17, 15) is 4.79 Å². The monoisotopic (exact) mass is 292 g/mol. The van der Waals surface area contributed by atoms with Crippen LogP contribution in [-0.4, -0.2) is 40.9 Å². The largest absolute Gasteiger partial charge is 0.337 e. The first-order valence-electron chi connectivity index (χ1n) is 7.36. The average Bonchev–Trinajstić information content (AvgIpc) is 2.88. The van der Waals surface area contributed by atoms with Gasteiger partial charge in [-0.1, -0.05) is 23.7 Å². The van der Waals surface area contributed by atoms with Crippen LogP contribution in [0.5, 0.6) is 0 Å². The number of hydrogen-bond donors (Lipinski definition) is 0. The number of carbonyl (C=O) groups is 1. The maximum atomic E-state index is 12.4. The van der Waals surface area contributed by atoms with Crippen molar-refractivity contribution in [1.29, 1.82) is 0 Å². The first kappa shape index (κ1) is 13.9. The minimum absolute atomic E-state index is 0.0237. The molecule has 2 aliphatic rings. The minimum Gasteiger partial charge on any atom is -0.337 e. The number of aryl methyl sites for hydroxylation is 1. The molecular weight excluding hydrogens is 272 g/mol. The van der Waals surface area contributed by atoms with Crippen LogP contribution in [0.2, 0.25) is 5.02 Å². The Labute approximate surface area is 125 Å². The third-order valence-corrected chi connectivity index (χ3v) is 5.04. The normalized spacial score (nSPS) is 26.9. The number of piperazine rings is 1. The van der Waals surface area contributed by atoms with Crippen LogP contribution in [0.25, 0.3) is 0 Å². The van der Waals surface area contributed by atoms with E-state index in [0.29, 0.717) is 6.04 Å². The van der Waals surface area contributed by atoms with Crippen molar-refractivity contribution in [2.45, 2.75) is 45.3 Å². The molecule has 0 saturated carbocycles. The van der Waals surface area contributed by atoms with Gasteiger partial charge < -0.3 is 4.90 Å². The number of carbonyl (C=O) groups excluding carboxylic acids is 1. The van der Waals surface area contributed by atoms with E-state index in [0.717, 1.165) is 43.1 Å². The molecule has 2 aliphatic heterocycles. The Hall–Kier alpha value is -1.06. The van der Waals surface area contributed by atoms with Gasteiger partial charge in [0.25, 0.3) is 0 Å². The fraction of sp³-hybridized carbons (Fsp3) is 0.562. The predicted molar refractivity (Wildman–Crippen MR) is 80.8 cm³/mol. The maximum Gasteiger partial charge on any atom is 0.239 e. The van der Waals surface area contributed by atoms with Gasteiger partial charge in [0.05, 0.1) is 6.04 Å². The highest BCUT2D eigenvalue weighted by molar-refractivity contribution is 6.31. The summed E-state index contributed by atoms with van der Waals surface area (Å²) in [6.07, 6.45) is 2.29. The topological polar surface area (TPSA) is 23.6 Å². The second-order valence-electron chi connectivity index (χ2n) is 6.02. The van der Waals surface area contributed by atoms with Gasteiger partial charge in [0.2, 0.25) is 5.91 Å². The van der Waals surface area contributed by atoms with Crippen LogP contribution in [0.15, 0.2) is 18.2 Å². The summed E-state index contributed by atoms with van der Waals surface area (Å²) in [5.41, 5.74) is 2.28. The van der Waals surface area contributed by atoms with Crippen LogP contribution in [0.4, 0.5) is 0 Å². The molecule has 108 valence electrons. The van der Waals surface area contributed by atoms with Gasteiger partial charge in [-0.25, -0.2) is 0 Å². The lowest BCUT2D eigenvalue weighted by atomic mass is 10.1. The summed E-state index contributed by atoms with van der Waals surface area (Å²) >= 11 is 6.19. The van der Waals surface area contributed by atoms with E-state index in [1.165, 1.54) is 5.56 Å². The zero-order valence-corrected chi connectivity index (χ0v) is 12.9. The highest BCUT2D eigenvalue weighted by atomic mass is 35.5. The Morgan fingerprint density at radius 2 is 2.20 bits per heavy atom. The summed E-state index contributed by atoms with van der Waals surface area (Å²) in [7, 11) is 0. The van der Waals surface area contributed by atoms with Gasteiger partial charge in [-0.3, -0.25) is 9.69 Å². The Morgan fingerprint density at radius 1 is 1.40 bits per heavy atom. The quantitative estimate of drug-likeness (QED) is 0.837. The Morgan fingerprint density at radius 3 is 2.95 bits per heavy atom. The molecule has 4 heteroatoms. The van der Waals surface area contributed by atoms with Crippen molar-refractivity contribution in [2.24, 2.45) is 0 Å². The molecule has 2 atom stereocenters. The van der Waals surface area contributed by atoms with E-state index >= 15 is 0 Å². The highest BCUT2D eigenvalue weighted by Crippen LogP contribution is 2.27. The second-order valence-corrected chi connectivity index (χ2v) is 6.42. The van der Waals surface area contributed by atoms with Gasteiger partial charge in [-0.15, -0.1) is 0 Å². The van der Waals surface area contributed by atoms with Gasteiger partial charge in [-0.2, -0.15) is 0 Å². The molecule has 0 aromatic heterocycles. The van der Waals surface area contributed by atoms with Crippen LogP contribution in [0.3, 0.4) is 0 Å². The van der Waals surface area contributed by atoms with Crippen molar-refractivity contribution in [1.82, 2.24) is 9.80 Å². The Bertz CT molecular complexity index is 531. The van der Waals surface area contributed by atoms with Crippen LogP contribution >= 0.6 is 11.6 Å². The number of hydrogen-bond acceptors (Lipinski definition) is 2. The number of amides is 1. The Balaban J connectivity index is 1.76. The first-order chi connectivity index (χ1) is 9.56. The fourth-order valence-electron chi connectivity index (χ4n) is 3.31. The standard InChI is InChI=1S/C16H21ClN2O/c1-11-5-6-13(8-15(11)17)9-18-10-14-4-3-7-19(14)16(20)12(18)2/h5-6,8,12,14H,3-4,7,9-10H2,1-2H3/t12-,14+/m1/s1. The SMILES string of the molecule is Cc1ccc(CN2C[C@@H]3CCCN3C(=O)[C@H]2C)cc1Cl. The van der Waals surface area contributed by atoms with Gasteiger partial charge in [0.15, 0.2) is 0 Å². The van der Waals surface area contributed by atoms with Gasteiger partial charge >= 0.3 is 0 Å². The van der Waals surface area contributed by atoms with Crippen molar-refractivity contribution in [3.63, 3.8) is 0 Å². The van der Waals surface area contributed by atoms with Crippen molar-refractivity contribution in [2.75, 3.05) is 13.1 Å². The van der Waals surface area contributed by atoms with E-state index in [2.05, 4.69) is 21.9 Å². The summed E-state index contributed by atoms with van der Waals surface area (Å²) < 4.78 is 0. The molecule has 1 aromatic rings. The van der Waals surface area contributed by atoms with Crippen molar-refractivity contribution in [3.05, 3.63) is 34.3 Å². The van der Waals surface area contributed by atoms with Crippen molar-refractivity contribution in [3.8, 4) is 0 Å². The van der Waals surface area contributed by atoms with Crippen molar-refractivity contribution < 1.29 is 4.79 Å². The molecule has 0 radical (unpaired) electrons. The zero-order chi connectivity index (χ0) is 14.3. The summed E-state index contributed by atoms with van der Waals surface area (Å²) in [6, 6.07) is 6.58. The van der Waals surface area contributed by atoms with E-state index in [1.807, 2.05) is 19.9 Å². The summed E-state index contributed by atoms with van der Waals surface area (Å²) in [5.74, 6) is 0.289. The molecule has 0 unspecified atom stereocenters.